The molecule has 6 heteroatoms. The van der Waals surface area contributed by atoms with Crippen LogP contribution in [0.25, 0.3) is 22.4 Å². The summed E-state index contributed by atoms with van der Waals surface area (Å²) in [7, 11) is 0. The van der Waals surface area contributed by atoms with Crippen molar-refractivity contribution in [3.8, 4) is 11.4 Å². The molecule has 150 valence electrons. The number of hydrogen-bond acceptors (Lipinski definition) is 3. The van der Waals surface area contributed by atoms with Gasteiger partial charge in [0.2, 0.25) is 11.8 Å². The molecule has 4 rings (SSSR count). The van der Waals surface area contributed by atoms with Gasteiger partial charge in [0.25, 0.3) is 0 Å². The molecule has 0 saturated carbocycles. The summed E-state index contributed by atoms with van der Waals surface area (Å²) in [4.78, 5) is 32.3. The number of para-hydroxylation sites is 3. The van der Waals surface area contributed by atoms with Gasteiger partial charge in [-0.05, 0) is 29.8 Å². The Kier molecular flexibility index (Phi) is 5.85. The van der Waals surface area contributed by atoms with E-state index in [-0.39, 0.29) is 24.8 Å². The third-order valence-electron chi connectivity index (χ3n) is 4.73. The van der Waals surface area contributed by atoms with Gasteiger partial charge in [0.05, 0.1) is 23.1 Å². The van der Waals surface area contributed by atoms with Crippen LogP contribution < -0.4 is 10.6 Å². The van der Waals surface area contributed by atoms with Crippen LogP contribution in [0.5, 0.6) is 0 Å². The summed E-state index contributed by atoms with van der Waals surface area (Å²) in [6.07, 6.45) is 0.492. The van der Waals surface area contributed by atoms with Crippen LogP contribution in [0.3, 0.4) is 0 Å². The average Bonchev–Trinajstić information content (AvgIpc) is 3.19. The maximum atomic E-state index is 12.4. The number of imidazole rings is 1. The van der Waals surface area contributed by atoms with E-state index in [1.54, 1.807) is 0 Å². The zero-order valence-corrected chi connectivity index (χ0v) is 16.4. The van der Waals surface area contributed by atoms with Gasteiger partial charge in [-0.25, -0.2) is 4.98 Å². The molecule has 0 aliphatic heterocycles. The molecule has 0 fully saturated rings. The van der Waals surface area contributed by atoms with Crippen LogP contribution in [0, 0.1) is 0 Å². The van der Waals surface area contributed by atoms with Crippen molar-refractivity contribution in [1.82, 2.24) is 15.3 Å². The highest BCUT2D eigenvalue weighted by Gasteiger charge is 2.12. The molecule has 4 aromatic rings. The Morgan fingerprint density at radius 2 is 1.57 bits per heavy atom. The highest BCUT2D eigenvalue weighted by Crippen LogP contribution is 2.27. The predicted octanol–water partition coefficient (Wildman–Crippen LogP) is 3.92. The second-order valence-electron chi connectivity index (χ2n) is 6.96. The number of nitrogens with one attached hydrogen (secondary N) is 3. The number of aromatic amines is 1. The molecule has 0 saturated heterocycles. The molecule has 30 heavy (non-hydrogen) atoms. The largest absolute Gasteiger partial charge is 0.355 e. The lowest BCUT2D eigenvalue weighted by Gasteiger charge is -2.10. The number of carbonyl (C=O) groups excluding carboxylic acids is 2. The standard InChI is InChI=1S/C24H22N4O2/c29-22(14-15-25-23(30)16-17-8-2-1-3-9-17)26-19-11-5-4-10-18(19)24-27-20-12-6-7-13-21(20)28-24/h1-13H,14-16H2,(H,25,30)(H,26,29)(H,27,28). The second-order valence-corrected chi connectivity index (χ2v) is 6.96. The summed E-state index contributed by atoms with van der Waals surface area (Å²) in [6.45, 7) is 0.282. The molecule has 0 aliphatic carbocycles. The first-order chi connectivity index (χ1) is 14.7. The van der Waals surface area contributed by atoms with Crippen molar-refractivity contribution in [1.29, 1.82) is 0 Å². The number of carbonyl (C=O) groups is 2. The molecule has 1 aromatic heterocycles. The van der Waals surface area contributed by atoms with Gasteiger partial charge in [-0.1, -0.05) is 54.6 Å². The van der Waals surface area contributed by atoms with Gasteiger partial charge >= 0.3 is 0 Å². The van der Waals surface area contributed by atoms with Gasteiger partial charge in [-0.15, -0.1) is 0 Å². The summed E-state index contributed by atoms with van der Waals surface area (Å²) in [5, 5.41) is 5.72. The first-order valence-electron chi connectivity index (χ1n) is 9.84. The van der Waals surface area contributed by atoms with Crippen LogP contribution >= 0.6 is 0 Å². The normalized spacial score (nSPS) is 10.7. The minimum atomic E-state index is -0.168. The number of amides is 2. The number of H-pyrrole nitrogens is 1. The Balaban J connectivity index is 1.35. The summed E-state index contributed by atoms with van der Waals surface area (Å²) in [6, 6.07) is 24.8. The Morgan fingerprint density at radius 1 is 0.833 bits per heavy atom. The molecule has 3 N–H and O–H groups in total. The third-order valence-corrected chi connectivity index (χ3v) is 4.73. The molecule has 0 aliphatic rings. The summed E-state index contributed by atoms with van der Waals surface area (Å²) in [5.74, 6) is 0.429. The minimum Gasteiger partial charge on any atom is -0.355 e. The minimum absolute atomic E-state index is 0.100. The Morgan fingerprint density at radius 3 is 2.40 bits per heavy atom. The topological polar surface area (TPSA) is 86.9 Å². The quantitative estimate of drug-likeness (QED) is 0.441. The molecule has 0 bridgehead atoms. The molecule has 6 nitrogen and oxygen atoms in total. The van der Waals surface area contributed by atoms with Crippen molar-refractivity contribution in [2.24, 2.45) is 0 Å². The molecule has 3 aromatic carbocycles. The Hall–Kier alpha value is -3.93. The Labute approximate surface area is 174 Å². The van der Waals surface area contributed by atoms with Gasteiger partial charge < -0.3 is 15.6 Å². The van der Waals surface area contributed by atoms with E-state index >= 15 is 0 Å². The molecule has 0 spiro atoms. The summed E-state index contributed by atoms with van der Waals surface area (Å²) >= 11 is 0. The highest BCUT2D eigenvalue weighted by molar-refractivity contribution is 5.95. The lowest BCUT2D eigenvalue weighted by molar-refractivity contribution is -0.120. The fourth-order valence-corrected chi connectivity index (χ4v) is 3.25. The molecule has 0 radical (unpaired) electrons. The van der Waals surface area contributed by atoms with E-state index in [9.17, 15) is 9.59 Å². The average molecular weight is 398 g/mol. The lowest BCUT2D eigenvalue weighted by Crippen LogP contribution is -2.28. The van der Waals surface area contributed by atoms with Gasteiger partial charge in [0.1, 0.15) is 5.82 Å². The first-order valence-corrected chi connectivity index (χ1v) is 9.84. The molecule has 1 heterocycles. The highest BCUT2D eigenvalue weighted by atomic mass is 16.2. The zero-order valence-electron chi connectivity index (χ0n) is 16.4. The van der Waals surface area contributed by atoms with Gasteiger partial charge in [0.15, 0.2) is 0 Å². The molecule has 0 atom stereocenters. The predicted molar refractivity (Wildman–Crippen MR) is 118 cm³/mol. The van der Waals surface area contributed by atoms with E-state index in [1.165, 1.54) is 0 Å². The van der Waals surface area contributed by atoms with Gasteiger partial charge in [-0.3, -0.25) is 9.59 Å². The molecular formula is C24H22N4O2. The number of fused-ring (bicyclic) bond motifs is 1. The first kappa shape index (κ1) is 19.4. The van der Waals surface area contributed by atoms with Crippen molar-refractivity contribution in [2.45, 2.75) is 12.8 Å². The van der Waals surface area contributed by atoms with Crippen molar-refractivity contribution >= 4 is 28.5 Å². The summed E-state index contributed by atoms with van der Waals surface area (Å²) in [5.41, 5.74) is 4.25. The van der Waals surface area contributed by atoms with E-state index in [1.807, 2.05) is 78.9 Å². The van der Waals surface area contributed by atoms with Crippen LogP contribution in [-0.4, -0.2) is 28.3 Å². The maximum absolute atomic E-state index is 12.4. The van der Waals surface area contributed by atoms with Crippen LogP contribution in [0.1, 0.15) is 12.0 Å². The number of benzene rings is 3. The zero-order chi connectivity index (χ0) is 20.8. The van der Waals surface area contributed by atoms with Crippen molar-refractivity contribution in [3.63, 3.8) is 0 Å². The SMILES string of the molecule is O=C(Cc1ccccc1)NCCC(=O)Nc1ccccc1-c1nc2ccccc2[nH]1. The van der Waals surface area contributed by atoms with Gasteiger partial charge in [-0.2, -0.15) is 0 Å². The number of nitrogens with zero attached hydrogens (tertiary/aromatic N) is 1. The van der Waals surface area contributed by atoms with E-state index in [0.29, 0.717) is 17.9 Å². The summed E-state index contributed by atoms with van der Waals surface area (Å²) < 4.78 is 0. The number of anilines is 1. The smallest absolute Gasteiger partial charge is 0.226 e. The fraction of sp³-hybridized carbons (Fsp3) is 0.125. The number of rotatable bonds is 7. The van der Waals surface area contributed by atoms with E-state index in [2.05, 4.69) is 20.6 Å². The van der Waals surface area contributed by atoms with E-state index < -0.39 is 0 Å². The van der Waals surface area contributed by atoms with E-state index in [0.717, 1.165) is 22.2 Å². The van der Waals surface area contributed by atoms with Crippen LogP contribution in [0.15, 0.2) is 78.9 Å². The van der Waals surface area contributed by atoms with Crippen molar-refractivity contribution in [2.75, 3.05) is 11.9 Å². The Bertz CT molecular complexity index is 1140. The van der Waals surface area contributed by atoms with Crippen LogP contribution in [0.2, 0.25) is 0 Å². The third kappa shape index (κ3) is 4.72. The maximum Gasteiger partial charge on any atom is 0.226 e. The molecular weight excluding hydrogens is 376 g/mol. The van der Waals surface area contributed by atoms with Crippen LogP contribution in [-0.2, 0) is 16.0 Å². The number of aromatic nitrogens is 2. The van der Waals surface area contributed by atoms with Crippen molar-refractivity contribution in [3.05, 3.63) is 84.4 Å². The van der Waals surface area contributed by atoms with Crippen molar-refractivity contribution < 1.29 is 9.59 Å². The van der Waals surface area contributed by atoms with Gasteiger partial charge in [0, 0.05) is 18.5 Å². The second kappa shape index (κ2) is 9.05. The fourth-order valence-electron chi connectivity index (χ4n) is 3.25. The van der Waals surface area contributed by atoms with Crippen LogP contribution in [0.4, 0.5) is 5.69 Å². The number of hydrogen-bond donors (Lipinski definition) is 3. The lowest BCUT2D eigenvalue weighted by atomic mass is 10.1. The molecule has 2 amide bonds. The monoisotopic (exact) mass is 398 g/mol. The van der Waals surface area contributed by atoms with E-state index in [4.69, 9.17) is 0 Å². The molecule has 0 unspecified atom stereocenters.